The average molecular weight is 344 g/mol. The number of benzene rings is 1. The van der Waals surface area contributed by atoms with E-state index in [9.17, 15) is 9.18 Å². The van der Waals surface area contributed by atoms with Crippen molar-refractivity contribution in [1.82, 2.24) is 9.55 Å². The topological polar surface area (TPSA) is 34.9 Å². The number of aromatic nitrogens is 2. The van der Waals surface area contributed by atoms with E-state index < -0.39 is 6.67 Å². The molecule has 2 heterocycles. The molecule has 0 radical (unpaired) electrons. The zero-order chi connectivity index (χ0) is 17.4. The fourth-order valence-electron chi connectivity index (χ4n) is 2.90. The van der Waals surface area contributed by atoms with Gasteiger partial charge in [0.25, 0.3) is 5.56 Å². The Morgan fingerprint density at radius 3 is 2.62 bits per heavy atom. The van der Waals surface area contributed by atoms with Crippen LogP contribution in [0, 0.1) is 13.8 Å². The molecule has 0 aliphatic rings. The van der Waals surface area contributed by atoms with Gasteiger partial charge in [0.2, 0.25) is 0 Å². The summed E-state index contributed by atoms with van der Waals surface area (Å²) >= 11 is 1.47. The minimum atomic E-state index is -0.573. The van der Waals surface area contributed by atoms with Crippen molar-refractivity contribution in [2.45, 2.75) is 40.2 Å². The van der Waals surface area contributed by atoms with E-state index in [-0.39, 0.29) is 18.0 Å². The first-order valence-electron chi connectivity index (χ1n) is 8.09. The number of alkyl halides is 1. The molecule has 126 valence electrons. The van der Waals surface area contributed by atoms with Crippen molar-refractivity contribution in [3.63, 3.8) is 0 Å². The number of hydrogen-bond acceptors (Lipinski definition) is 3. The fourth-order valence-corrected chi connectivity index (χ4v) is 3.85. The van der Waals surface area contributed by atoms with Crippen LogP contribution in [0.2, 0.25) is 0 Å². The fraction of sp³-hybridized carbons (Fsp3) is 0.368. The molecule has 0 saturated heterocycles. The Hall–Kier alpha value is -2.01. The van der Waals surface area contributed by atoms with Gasteiger partial charge in [0.05, 0.1) is 11.9 Å². The average Bonchev–Trinajstić information content (AvgIpc) is 2.96. The Balaban J connectivity index is 2.30. The van der Waals surface area contributed by atoms with E-state index in [4.69, 9.17) is 0 Å². The van der Waals surface area contributed by atoms with Crippen LogP contribution in [0.25, 0.3) is 21.3 Å². The molecule has 0 spiro atoms. The van der Waals surface area contributed by atoms with Crippen LogP contribution >= 0.6 is 11.3 Å². The highest BCUT2D eigenvalue weighted by Crippen LogP contribution is 2.32. The lowest BCUT2D eigenvalue weighted by Crippen LogP contribution is -2.26. The maximum atomic E-state index is 13.0. The third kappa shape index (κ3) is 2.77. The van der Waals surface area contributed by atoms with E-state index in [1.54, 1.807) is 0 Å². The van der Waals surface area contributed by atoms with Crippen LogP contribution in [0.3, 0.4) is 0 Å². The molecular formula is C19H21FN2OS. The summed E-state index contributed by atoms with van der Waals surface area (Å²) in [6.07, 6.45) is 0. The quantitative estimate of drug-likeness (QED) is 0.679. The first kappa shape index (κ1) is 16.8. The van der Waals surface area contributed by atoms with Gasteiger partial charge in [0.1, 0.15) is 17.3 Å². The van der Waals surface area contributed by atoms with Gasteiger partial charge in [-0.3, -0.25) is 9.36 Å². The Bertz CT molecular complexity index is 956. The van der Waals surface area contributed by atoms with E-state index in [0.717, 1.165) is 16.0 Å². The van der Waals surface area contributed by atoms with Crippen LogP contribution in [0.5, 0.6) is 0 Å². The van der Waals surface area contributed by atoms with Crippen molar-refractivity contribution in [3.05, 3.63) is 50.9 Å². The molecule has 0 bridgehead atoms. The molecule has 5 heteroatoms. The van der Waals surface area contributed by atoms with Gasteiger partial charge in [0, 0.05) is 16.9 Å². The van der Waals surface area contributed by atoms with Gasteiger partial charge in [-0.25, -0.2) is 9.37 Å². The van der Waals surface area contributed by atoms with Crippen LogP contribution in [0.15, 0.2) is 28.4 Å². The number of hydrogen-bond donors (Lipinski definition) is 0. The highest BCUT2D eigenvalue weighted by atomic mass is 32.1. The molecule has 1 aromatic carbocycles. The van der Waals surface area contributed by atoms with E-state index in [1.165, 1.54) is 27.0 Å². The molecule has 0 aliphatic carbocycles. The highest BCUT2D eigenvalue weighted by Gasteiger charge is 2.18. The van der Waals surface area contributed by atoms with Crippen LogP contribution in [0.4, 0.5) is 4.39 Å². The summed E-state index contributed by atoms with van der Waals surface area (Å²) in [5, 5.41) is 2.58. The number of nitrogens with zero attached hydrogens (tertiary/aromatic N) is 2. The predicted octanol–water partition coefficient (Wildman–Crippen LogP) is 4.83. The van der Waals surface area contributed by atoms with Gasteiger partial charge < -0.3 is 0 Å². The maximum absolute atomic E-state index is 13.0. The Morgan fingerprint density at radius 2 is 2.00 bits per heavy atom. The second-order valence-electron chi connectivity index (χ2n) is 6.40. The molecule has 0 atom stereocenters. The van der Waals surface area contributed by atoms with Gasteiger partial charge in [0.15, 0.2) is 0 Å². The number of halogens is 1. The number of rotatable bonds is 4. The molecule has 0 fully saturated rings. The molecule has 0 aliphatic heterocycles. The normalized spacial score (nSPS) is 11.6. The van der Waals surface area contributed by atoms with Gasteiger partial charge >= 0.3 is 0 Å². The van der Waals surface area contributed by atoms with E-state index in [0.29, 0.717) is 11.2 Å². The lowest BCUT2D eigenvalue weighted by molar-refractivity contribution is 0.428. The molecule has 3 nitrogen and oxygen atoms in total. The minimum Gasteiger partial charge on any atom is -0.293 e. The van der Waals surface area contributed by atoms with Crippen LogP contribution in [0.1, 0.15) is 36.7 Å². The Labute approximate surface area is 144 Å². The lowest BCUT2D eigenvalue weighted by Gasteiger charge is -2.14. The van der Waals surface area contributed by atoms with Crippen molar-refractivity contribution >= 4 is 21.6 Å². The molecule has 3 aromatic rings. The predicted molar refractivity (Wildman–Crippen MR) is 98.9 cm³/mol. The van der Waals surface area contributed by atoms with Gasteiger partial charge in [-0.15, -0.1) is 11.3 Å². The minimum absolute atomic E-state index is 0.0531. The molecular weight excluding hydrogens is 323 g/mol. The third-order valence-electron chi connectivity index (χ3n) is 4.37. The number of aryl methyl sites for hydroxylation is 2. The summed E-state index contributed by atoms with van der Waals surface area (Å²) in [6, 6.07) is 6.18. The molecule has 24 heavy (non-hydrogen) atoms. The molecule has 0 amide bonds. The van der Waals surface area contributed by atoms with Crippen molar-refractivity contribution in [3.8, 4) is 11.1 Å². The van der Waals surface area contributed by atoms with E-state index in [1.807, 2.05) is 25.3 Å². The molecule has 2 aromatic heterocycles. The molecule has 3 rings (SSSR count). The molecule has 0 saturated carbocycles. The summed E-state index contributed by atoms with van der Waals surface area (Å²) in [5.41, 5.74) is 4.15. The second-order valence-corrected chi connectivity index (χ2v) is 7.26. The monoisotopic (exact) mass is 344 g/mol. The SMILES string of the molecule is Cc1ccc(-c2csc3nc(C(C)C)n(CCF)c(=O)c23)cc1C. The highest BCUT2D eigenvalue weighted by molar-refractivity contribution is 7.17. The summed E-state index contributed by atoms with van der Waals surface area (Å²) < 4.78 is 14.5. The van der Waals surface area contributed by atoms with Crippen LogP contribution < -0.4 is 5.56 Å². The molecule has 0 N–H and O–H groups in total. The molecule has 0 unspecified atom stereocenters. The lowest BCUT2D eigenvalue weighted by atomic mass is 10.0. The Morgan fingerprint density at radius 1 is 1.25 bits per heavy atom. The van der Waals surface area contributed by atoms with Gasteiger partial charge in [-0.05, 0) is 30.5 Å². The van der Waals surface area contributed by atoms with E-state index in [2.05, 4.69) is 31.0 Å². The summed E-state index contributed by atoms with van der Waals surface area (Å²) in [5.74, 6) is 0.722. The van der Waals surface area contributed by atoms with E-state index >= 15 is 0 Å². The summed E-state index contributed by atoms with van der Waals surface area (Å²) in [4.78, 5) is 18.4. The standard InChI is InChI=1S/C19H21FN2OS/c1-11(2)17-21-18-16(19(23)22(17)8-7-20)15(10-24-18)14-6-5-12(3)13(4)9-14/h5-6,9-11H,7-8H2,1-4H3. The zero-order valence-electron chi connectivity index (χ0n) is 14.4. The summed E-state index contributed by atoms with van der Waals surface area (Å²) in [7, 11) is 0. The van der Waals surface area contributed by atoms with Gasteiger partial charge in [-0.1, -0.05) is 32.0 Å². The maximum Gasteiger partial charge on any atom is 0.262 e. The van der Waals surface area contributed by atoms with Gasteiger partial charge in [-0.2, -0.15) is 0 Å². The van der Waals surface area contributed by atoms with Crippen LogP contribution in [-0.2, 0) is 6.54 Å². The first-order chi connectivity index (χ1) is 11.4. The second kappa shape index (κ2) is 6.48. The summed E-state index contributed by atoms with van der Waals surface area (Å²) in [6.45, 7) is 7.55. The smallest absolute Gasteiger partial charge is 0.262 e. The van der Waals surface area contributed by atoms with Crippen molar-refractivity contribution in [1.29, 1.82) is 0 Å². The zero-order valence-corrected chi connectivity index (χ0v) is 15.2. The third-order valence-corrected chi connectivity index (χ3v) is 5.24. The Kier molecular flexibility index (Phi) is 4.54. The van der Waals surface area contributed by atoms with Crippen molar-refractivity contribution < 1.29 is 4.39 Å². The largest absolute Gasteiger partial charge is 0.293 e. The first-order valence-corrected chi connectivity index (χ1v) is 8.97. The number of thiophene rings is 1. The number of fused-ring (bicyclic) bond motifs is 1. The van der Waals surface area contributed by atoms with Crippen molar-refractivity contribution in [2.75, 3.05) is 6.67 Å². The van der Waals surface area contributed by atoms with Crippen LogP contribution in [-0.4, -0.2) is 16.2 Å². The van der Waals surface area contributed by atoms with Crippen molar-refractivity contribution in [2.24, 2.45) is 0 Å².